The van der Waals surface area contributed by atoms with E-state index >= 15 is 0 Å². The second kappa shape index (κ2) is 15.2. The van der Waals surface area contributed by atoms with E-state index in [0.717, 1.165) is 34.9 Å². The van der Waals surface area contributed by atoms with Crippen molar-refractivity contribution in [3.05, 3.63) is 59.7 Å². The minimum atomic E-state index is -2.25. The summed E-state index contributed by atoms with van der Waals surface area (Å²) < 4.78 is 3.72. The van der Waals surface area contributed by atoms with Crippen LogP contribution in [0.1, 0.15) is 35.8 Å². The number of aromatic hydroxyl groups is 2. The Balaban J connectivity index is 0.00000583. The average molecular weight is 735 g/mol. The Kier molecular flexibility index (Phi) is 11.6. The van der Waals surface area contributed by atoms with Crippen LogP contribution in [0, 0.1) is 0 Å². The number of carboxylic acid groups (broad SMARTS) is 1. The molecule has 0 radical (unpaired) electrons. The fourth-order valence-corrected chi connectivity index (χ4v) is 7.66. The van der Waals surface area contributed by atoms with Crippen LogP contribution in [0.3, 0.4) is 0 Å². The van der Waals surface area contributed by atoms with Gasteiger partial charge in [-0.25, -0.2) is 9.59 Å². The molecule has 0 spiro atoms. The molecule has 2 aromatic carbocycles. The number of carboxylic acids is 1. The standard InChI is InChI=1S/C31H32N6O12S.Na/c1-3-35-11-12-36(24(43)23(35)42)29(48)33-20(16-7-5-4-6-8-16)22(41)34-31(32-15-38)27(47)37-21(25(44)45)30(2,50-28(31)37)14-49-26(46)17-9-10-18(39)19(40)13-17;/h4-10,13,15,20-21,28,39-40H,3,11-12,14H2,1-2H3,(H,32,38)(H,33,48)(H,34,41)(H,44,45);/q;+1/p-1/t20-,21?,28+,30+,31-;/m1./s1. The number of thioether (sulfide) groups is 1. The number of fused-ring (bicyclic) bond motifs is 1. The van der Waals surface area contributed by atoms with Crippen LogP contribution in [0.5, 0.6) is 11.5 Å². The predicted octanol–water partition coefficient (Wildman–Crippen LogP) is -5.25. The number of nitrogens with one attached hydrogen (secondary N) is 3. The first-order chi connectivity index (χ1) is 23.7. The van der Waals surface area contributed by atoms with E-state index in [-0.39, 0.29) is 66.7 Å². The minimum Gasteiger partial charge on any atom is -0.548 e. The van der Waals surface area contributed by atoms with Crippen molar-refractivity contribution in [2.75, 3.05) is 26.2 Å². The predicted molar refractivity (Wildman–Crippen MR) is 167 cm³/mol. The number of nitrogens with zero attached hydrogens (tertiary/aromatic N) is 3. The Morgan fingerprint density at radius 2 is 1.75 bits per heavy atom. The number of esters is 1. The number of amides is 7. The number of ether oxygens (including phenoxy) is 1. The zero-order chi connectivity index (χ0) is 36.5. The third-order valence-electron chi connectivity index (χ3n) is 8.56. The first kappa shape index (κ1) is 38.9. The Labute approximate surface area is 316 Å². The number of β-lactam (4-membered cyclic amide) rings is 1. The van der Waals surface area contributed by atoms with Crippen LogP contribution in [-0.4, -0.2) is 121 Å². The molecule has 264 valence electrons. The largest absolute Gasteiger partial charge is 1.00 e. The van der Waals surface area contributed by atoms with Crippen LogP contribution in [0.4, 0.5) is 4.79 Å². The van der Waals surface area contributed by atoms with Gasteiger partial charge in [-0.3, -0.25) is 28.9 Å². The Hall–Kier alpha value is -4.85. The number of aliphatic carboxylic acids is 1. The third kappa shape index (κ3) is 7.06. The van der Waals surface area contributed by atoms with Crippen LogP contribution < -0.4 is 50.6 Å². The van der Waals surface area contributed by atoms with Crippen molar-refractivity contribution in [3.8, 4) is 11.5 Å². The number of benzene rings is 2. The van der Waals surface area contributed by atoms with Crippen molar-refractivity contribution in [1.82, 2.24) is 30.7 Å². The van der Waals surface area contributed by atoms with Gasteiger partial charge in [0.05, 0.1) is 22.3 Å². The van der Waals surface area contributed by atoms with E-state index in [2.05, 4.69) is 16.0 Å². The monoisotopic (exact) mass is 734 g/mol. The van der Waals surface area contributed by atoms with Gasteiger partial charge in [0.15, 0.2) is 11.5 Å². The topological polar surface area (TPSA) is 255 Å². The normalized spacial score (nSPS) is 24.4. The summed E-state index contributed by atoms with van der Waals surface area (Å²) in [6, 6.07) is 6.42. The van der Waals surface area contributed by atoms with Crippen molar-refractivity contribution in [3.63, 3.8) is 0 Å². The maximum Gasteiger partial charge on any atom is 1.00 e. The van der Waals surface area contributed by atoms with E-state index in [0.29, 0.717) is 4.90 Å². The van der Waals surface area contributed by atoms with Crippen LogP contribution in [0.2, 0.25) is 0 Å². The molecule has 3 aliphatic heterocycles. The number of hydrogen-bond acceptors (Lipinski definition) is 13. The molecule has 20 heteroatoms. The van der Waals surface area contributed by atoms with Crippen LogP contribution in [0.15, 0.2) is 48.5 Å². The number of likely N-dealkylation sites (N-methyl/N-ethyl adjacent to an activating group) is 1. The molecule has 18 nitrogen and oxygen atoms in total. The molecule has 0 saturated carbocycles. The van der Waals surface area contributed by atoms with E-state index in [1.807, 2.05) is 0 Å². The van der Waals surface area contributed by atoms with Crippen LogP contribution in [-0.2, 0) is 33.5 Å². The van der Waals surface area contributed by atoms with E-state index in [1.54, 1.807) is 25.1 Å². The van der Waals surface area contributed by atoms with Crippen molar-refractivity contribution in [1.29, 1.82) is 0 Å². The summed E-state index contributed by atoms with van der Waals surface area (Å²) in [5.74, 6) is -7.93. The molecule has 3 aliphatic rings. The molecule has 0 aliphatic carbocycles. The van der Waals surface area contributed by atoms with Gasteiger partial charge in [-0.1, -0.05) is 30.3 Å². The molecule has 0 aromatic heterocycles. The van der Waals surface area contributed by atoms with Gasteiger partial charge in [-0.05, 0) is 37.6 Å². The van der Waals surface area contributed by atoms with Crippen molar-refractivity contribution >= 4 is 59.8 Å². The number of urea groups is 1. The van der Waals surface area contributed by atoms with Gasteiger partial charge >= 0.3 is 53.4 Å². The third-order valence-corrected chi connectivity index (χ3v) is 10.2. The van der Waals surface area contributed by atoms with Gasteiger partial charge in [0.2, 0.25) is 18.0 Å². The van der Waals surface area contributed by atoms with E-state index in [4.69, 9.17) is 4.74 Å². The molecular formula is C31H31N6NaO12S. The van der Waals surface area contributed by atoms with Crippen molar-refractivity contribution < 1.29 is 88.0 Å². The molecule has 3 fully saturated rings. The fourth-order valence-electron chi connectivity index (χ4n) is 5.95. The number of phenolic OH excluding ortho intramolecular Hbond substituents is 2. The van der Waals surface area contributed by atoms with Crippen LogP contribution >= 0.6 is 11.8 Å². The van der Waals surface area contributed by atoms with E-state index in [1.165, 1.54) is 24.0 Å². The minimum absolute atomic E-state index is 0. The summed E-state index contributed by atoms with van der Waals surface area (Å²) in [5, 5.41) is 37.5. The molecule has 5 N–H and O–H groups in total. The number of imide groups is 1. The summed E-state index contributed by atoms with van der Waals surface area (Å²) in [7, 11) is 0. The first-order valence-electron chi connectivity index (χ1n) is 15.1. The number of piperazine rings is 1. The summed E-state index contributed by atoms with van der Waals surface area (Å²) in [6.07, 6.45) is 0.116. The molecule has 3 saturated heterocycles. The van der Waals surface area contributed by atoms with E-state index < -0.39 is 87.6 Å². The molecule has 5 rings (SSSR count). The number of carbonyl (C=O) groups excluding carboxylic acids is 8. The number of rotatable bonds is 11. The van der Waals surface area contributed by atoms with Gasteiger partial charge in [0.1, 0.15) is 18.0 Å². The van der Waals surface area contributed by atoms with Crippen LogP contribution in [0.25, 0.3) is 0 Å². The summed E-state index contributed by atoms with van der Waals surface area (Å²) in [5.41, 5.74) is -2.23. The quantitative estimate of drug-likeness (QED) is 0.0276. The zero-order valence-electron chi connectivity index (χ0n) is 27.5. The molecule has 2 aromatic rings. The number of hydrogen-bond donors (Lipinski definition) is 5. The van der Waals surface area contributed by atoms with E-state index in [9.17, 15) is 53.7 Å². The second-order valence-electron chi connectivity index (χ2n) is 11.7. The SMILES string of the molecule is CCN1CCN(C(=O)N[C@@H](C(=O)N[C@]2(NC=O)C(=O)N3C(C(=O)[O-])[C@](C)(COC(=O)c4ccc(O)c(O)c4)S[C@H]32)c2ccccc2)C(=O)C1=O.[Na+]. The maximum atomic E-state index is 13.9. The van der Waals surface area contributed by atoms with Gasteiger partial charge < -0.3 is 50.6 Å². The molecule has 1 unspecified atom stereocenters. The number of phenols is 2. The van der Waals surface area contributed by atoms with Gasteiger partial charge in [-0.2, -0.15) is 0 Å². The van der Waals surface area contributed by atoms with Crippen molar-refractivity contribution in [2.45, 2.75) is 41.7 Å². The molecule has 5 atom stereocenters. The first-order valence-corrected chi connectivity index (χ1v) is 16.0. The summed E-state index contributed by atoms with van der Waals surface area (Å²) in [4.78, 5) is 106. The van der Waals surface area contributed by atoms with Crippen molar-refractivity contribution in [2.24, 2.45) is 0 Å². The Bertz CT molecular complexity index is 1780. The molecule has 7 amide bonds. The Morgan fingerprint density at radius 1 is 1.06 bits per heavy atom. The van der Waals surface area contributed by atoms with Gasteiger partial charge in [-0.15, -0.1) is 11.8 Å². The molecule has 51 heavy (non-hydrogen) atoms. The van der Waals surface area contributed by atoms with Gasteiger partial charge in [0, 0.05) is 19.6 Å². The second-order valence-corrected chi connectivity index (χ2v) is 13.3. The molecular weight excluding hydrogens is 703 g/mol. The average Bonchev–Trinajstić information content (AvgIpc) is 3.39. The Morgan fingerprint density at radius 3 is 2.35 bits per heavy atom. The molecule has 0 bridgehead atoms. The maximum absolute atomic E-state index is 13.9. The summed E-state index contributed by atoms with van der Waals surface area (Å²) in [6.45, 7) is 2.56. The fraction of sp³-hybridized carbons (Fsp3) is 0.355. The number of carbonyl (C=O) groups is 8. The zero-order valence-corrected chi connectivity index (χ0v) is 30.3. The smallest absolute Gasteiger partial charge is 0.548 e. The molecule has 3 heterocycles. The van der Waals surface area contributed by atoms with Gasteiger partial charge in [0.25, 0.3) is 5.91 Å². The summed E-state index contributed by atoms with van der Waals surface area (Å²) >= 11 is 0.781.